The molecule has 3 aromatic rings. The summed E-state index contributed by atoms with van der Waals surface area (Å²) in [5.41, 5.74) is 1.91. The molecule has 1 aromatic heterocycles. The number of Topliss-reactive ketones (excluding diaryl/α,β-unsaturated/α-hetero) is 1. The molecule has 0 saturated heterocycles. The third kappa shape index (κ3) is 6.10. The predicted molar refractivity (Wildman–Crippen MR) is 115 cm³/mol. The molecule has 0 radical (unpaired) electrons. The molecule has 1 heterocycles. The molecular weight excluding hydrogens is 443 g/mol. The van der Waals surface area contributed by atoms with Gasteiger partial charge in [0.1, 0.15) is 11.6 Å². The molecule has 0 aliphatic carbocycles. The summed E-state index contributed by atoms with van der Waals surface area (Å²) in [6.45, 7) is -0.0857. The van der Waals surface area contributed by atoms with Gasteiger partial charge in [-0.3, -0.25) is 9.78 Å². The van der Waals surface area contributed by atoms with Crippen molar-refractivity contribution in [3.63, 3.8) is 0 Å². The van der Waals surface area contributed by atoms with Crippen molar-refractivity contribution in [2.45, 2.75) is 24.3 Å². The second-order valence-corrected chi connectivity index (χ2v) is 8.88. The van der Waals surface area contributed by atoms with Crippen LogP contribution in [0.2, 0.25) is 5.02 Å². The quantitative estimate of drug-likeness (QED) is 0.482. The fourth-order valence-corrected chi connectivity index (χ4v) is 4.05. The lowest BCUT2D eigenvalue weighted by Gasteiger charge is -2.08. The highest BCUT2D eigenvalue weighted by Crippen LogP contribution is 2.19. The molecule has 0 aliphatic heterocycles. The summed E-state index contributed by atoms with van der Waals surface area (Å²) in [7, 11) is -2.29. The molecule has 0 fully saturated rings. The normalized spacial score (nSPS) is 11.3. The predicted octanol–water partition coefficient (Wildman–Crippen LogP) is 4.18. The highest BCUT2D eigenvalue weighted by molar-refractivity contribution is 7.89. The highest BCUT2D eigenvalue weighted by atomic mass is 35.5. The molecule has 2 aromatic carbocycles. The average molecular weight is 463 g/mol. The maximum Gasteiger partial charge on any atom is 0.240 e. The van der Waals surface area contributed by atoms with Crippen LogP contribution in [-0.2, 0) is 23.0 Å². The van der Waals surface area contributed by atoms with E-state index < -0.39 is 15.8 Å². The van der Waals surface area contributed by atoms with E-state index in [0.717, 1.165) is 29.5 Å². The molecule has 0 saturated carbocycles. The van der Waals surface area contributed by atoms with E-state index in [-0.39, 0.29) is 22.2 Å². The summed E-state index contributed by atoms with van der Waals surface area (Å²) in [6.07, 6.45) is 2.34. The molecule has 0 spiro atoms. The zero-order chi connectivity index (χ0) is 22.4. The molecule has 0 amide bonds. The molecule has 9 heteroatoms. The molecule has 0 unspecified atom stereocenters. The SMILES string of the molecule is COc1ccc(CCC(=O)c2ccc(CNS(=O)(=O)c3ccc(F)c(Cl)c3)nc2)cc1. The number of carbonyl (C=O) groups is 1. The van der Waals surface area contributed by atoms with E-state index in [1.54, 1.807) is 19.2 Å². The third-order valence-corrected chi connectivity index (χ3v) is 6.28. The molecule has 1 N–H and O–H groups in total. The number of hydrogen-bond acceptors (Lipinski definition) is 5. The Kier molecular flexibility index (Phi) is 7.37. The molecule has 0 bridgehead atoms. The molecule has 3 rings (SSSR count). The van der Waals surface area contributed by atoms with Crippen molar-refractivity contribution < 1.29 is 22.3 Å². The van der Waals surface area contributed by atoms with Crippen molar-refractivity contribution in [2.75, 3.05) is 7.11 Å². The fourth-order valence-electron chi connectivity index (χ4n) is 2.78. The number of hydrogen-bond donors (Lipinski definition) is 1. The fraction of sp³-hybridized carbons (Fsp3) is 0.182. The lowest BCUT2D eigenvalue weighted by molar-refractivity contribution is 0.0982. The number of rotatable bonds is 9. The van der Waals surface area contributed by atoms with Crippen molar-refractivity contribution >= 4 is 27.4 Å². The number of sulfonamides is 1. The van der Waals surface area contributed by atoms with Gasteiger partial charge in [0.05, 0.1) is 29.3 Å². The van der Waals surface area contributed by atoms with Gasteiger partial charge in [-0.2, -0.15) is 0 Å². The zero-order valence-electron chi connectivity index (χ0n) is 16.6. The Morgan fingerprint density at radius 2 is 1.87 bits per heavy atom. The minimum absolute atomic E-state index is 0.0589. The number of carbonyl (C=O) groups excluding carboxylic acids is 1. The van der Waals surface area contributed by atoms with Gasteiger partial charge in [0.15, 0.2) is 5.78 Å². The minimum atomic E-state index is -3.89. The van der Waals surface area contributed by atoms with Gasteiger partial charge in [-0.1, -0.05) is 23.7 Å². The van der Waals surface area contributed by atoms with Crippen LogP contribution in [0.3, 0.4) is 0 Å². The number of ketones is 1. The number of benzene rings is 2. The number of nitrogens with zero attached hydrogens (tertiary/aromatic N) is 1. The molecule has 0 aliphatic rings. The number of pyridine rings is 1. The van der Waals surface area contributed by atoms with Crippen LogP contribution in [0.1, 0.15) is 28.0 Å². The maximum absolute atomic E-state index is 13.2. The van der Waals surface area contributed by atoms with Gasteiger partial charge < -0.3 is 4.74 Å². The van der Waals surface area contributed by atoms with Crippen molar-refractivity contribution in [3.05, 3.63) is 88.5 Å². The summed E-state index contributed by atoms with van der Waals surface area (Å²) in [4.78, 5) is 16.4. The van der Waals surface area contributed by atoms with Crippen molar-refractivity contribution in [1.82, 2.24) is 9.71 Å². The summed E-state index contributed by atoms with van der Waals surface area (Å²) >= 11 is 5.65. The number of aromatic nitrogens is 1. The average Bonchev–Trinajstić information content (AvgIpc) is 2.78. The van der Waals surface area contributed by atoms with Crippen LogP contribution in [-0.4, -0.2) is 26.3 Å². The Morgan fingerprint density at radius 1 is 1.13 bits per heavy atom. The van der Waals surface area contributed by atoms with Gasteiger partial charge in [0, 0.05) is 18.2 Å². The first-order valence-corrected chi connectivity index (χ1v) is 11.2. The summed E-state index contributed by atoms with van der Waals surface area (Å²) in [5.74, 6) is -0.000975. The second-order valence-electron chi connectivity index (χ2n) is 6.71. The topological polar surface area (TPSA) is 85.4 Å². The number of nitrogens with one attached hydrogen (secondary N) is 1. The van der Waals surface area contributed by atoms with Gasteiger partial charge in [0.25, 0.3) is 0 Å². The van der Waals surface area contributed by atoms with Crippen LogP contribution < -0.4 is 9.46 Å². The van der Waals surface area contributed by atoms with Crippen LogP contribution >= 0.6 is 11.6 Å². The van der Waals surface area contributed by atoms with Gasteiger partial charge >= 0.3 is 0 Å². The first kappa shape index (κ1) is 22.9. The van der Waals surface area contributed by atoms with Crippen molar-refractivity contribution in [2.24, 2.45) is 0 Å². The number of methoxy groups -OCH3 is 1. The number of aryl methyl sites for hydroxylation is 1. The number of ether oxygens (including phenoxy) is 1. The monoisotopic (exact) mass is 462 g/mol. The van der Waals surface area contributed by atoms with Crippen molar-refractivity contribution in [1.29, 1.82) is 0 Å². The lowest BCUT2D eigenvalue weighted by atomic mass is 10.0. The Balaban J connectivity index is 1.56. The Morgan fingerprint density at radius 3 is 2.48 bits per heavy atom. The molecular formula is C22H20ClFN2O4S. The van der Waals surface area contributed by atoms with E-state index in [9.17, 15) is 17.6 Å². The number of halogens is 2. The standard InChI is InChI=1S/C22H20ClFN2O4S/c1-30-18-7-2-15(3-8-18)4-11-22(27)16-5-6-17(25-13-16)14-26-31(28,29)19-9-10-21(24)20(23)12-19/h2-3,5-10,12-13,26H,4,11,14H2,1H3. The minimum Gasteiger partial charge on any atom is -0.497 e. The Bertz CT molecular complexity index is 1170. The van der Waals surface area contributed by atoms with E-state index in [0.29, 0.717) is 24.1 Å². The van der Waals surface area contributed by atoms with E-state index >= 15 is 0 Å². The van der Waals surface area contributed by atoms with Gasteiger partial charge in [-0.05, 0) is 54.4 Å². The van der Waals surface area contributed by atoms with Crippen LogP contribution in [0.25, 0.3) is 0 Å². The smallest absolute Gasteiger partial charge is 0.240 e. The summed E-state index contributed by atoms with van der Waals surface area (Å²) in [6, 6.07) is 13.9. The molecule has 6 nitrogen and oxygen atoms in total. The Labute approximate surface area is 185 Å². The summed E-state index contributed by atoms with van der Waals surface area (Å²) in [5, 5.41) is -0.279. The van der Waals surface area contributed by atoms with Crippen LogP contribution in [0.15, 0.2) is 65.7 Å². The first-order valence-electron chi connectivity index (χ1n) is 9.34. The van der Waals surface area contributed by atoms with E-state index in [2.05, 4.69) is 9.71 Å². The molecule has 162 valence electrons. The van der Waals surface area contributed by atoms with Crippen LogP contribution in [0.5, 0.6) is 5.75 Å². The van der Waals surface area contributed by atoms with Crippen LogP contribution in [0.4, 0.5) is 4.39 Å². The maximum atomic E-state index is 13.2. The second kappa shape index (κ2) is 10.00. The summed E-state index contributed by atoms with van der Waals surface area (Å²) < 4.78 is 45.4. The zero-order valence-corrected chi connectivity index (χ0v) is 18.2. The van der Waals surface area contributed by atoms with E-state index in [4.69, 9.17) is 16.3 Å². The third-order valence-electron chi connectivity index (χ3n) is 4.59. The highest BCUT2D eigenvalue weighted by Gasteiger charge is 2.16. The lowest BCUT2D eigenvalue weighted by Crippen LogP contribution is -2.23. The molecule has 0 atom stereocenters. The molecule has 31 heavy (non-hydrogen) atoms. The van der Waals surface area contributed by atoms with E-state index in [1.807, 2.05) is 24.3 Å². The largest absolute Gasteiger partial charge is 0.497 e. The van der Waals surface area contributed by atoms with Crippen LogP contribution in [0, 0.1) is 5.82 Å². The Hall–Kier alpha value is -2.81. The van der Waals surface area contributed by atoms with Crippen molar-refractivity contribution in [3.8, 4) is 5.75 Å². The first-order chi connectivity index (χ1) is 14.8. The van der Waals surface area contributed by atoms with E-state index in [1.165, 1.54) is 6.20 Å². The van der Waals surface area contributed by atoms with Gasteiger partial charge in [-0.15, -0.1) is 0 Å². The van der Waals surface area contributed by atoms with Gasteiger partial charge in [0.2, 0.25) is 10.0 Å². The van der Waals surface area contributed by atoms with Gasteiger partial charge in [-0.25, -0.2) is 17.5 Å².